The highest BCUT2D eigenvalue weighted by Gasteiger charge is 2.24. The number of aryl methyl sites for hydroxylation is 3. The molecule has 1 N–H and O–H groups in total. The van der Waals surface area contributed by atoms with E-state index >= 15 is 0 Å². The van der Waals surface area contributed by atoms with Crippen LogP contribution in [0.1, 0.15) is 17.0 Å². The van der Waals surface area contributed by atoms with Crippen molar-refractivity contribution in [3.8, 4) is 5.75 Å². The highest BCUT2D eigenvalue weighted by molar-refractivity contribution is 7.89. The minimum atomic E-state index is -3.70. The molecule has 0 fully saturated rings. The Kier molecular flexibility index (Phi) is 4.10. The van der Waals surface area contributed by atoms with E-state index in [1.807, 2.05) is 36.0 Å². The van der Waals surface area contributed by atoms with E-state index < -0.39 is 10.0 Å². The van der Waals surface area contributed by atoms with Crippen LogP contribution >= 0.6 is 0 Å². The van der Waals surface area contributed by atoms with Gasteiger partial charge in [0.15, 0.2) is 5.76 Å². The van der Waals surface area contributed by atoms with Gasteiger partial charge in [-0.05, 0) is 37.6 Å². The number of methoxy groups -OCH3 is 1. The van der Waals surface area contributed by atoms with E-state index in [2.05, 4.69) is 9.88 Å². The van der Waals surface area contributed by atoms with E-state index in [9.17, 15) is 8.42 Å². The molecular formula is C16H19N3O4S. The number of fused-ring (bicyclic) bond motifs is 1. The minimum absolute atomic E-state index is 0.0975. The molecule has 0 spiro atoms. The van der Waals surface area contributed by atoms with Crippen molar-refractivity contribution in [2.75, 3.05) is 7.11 Å². The van der Waals surface area contributed by atoms with Crippen molar-refractivity contribution in [2.24, 2.45) is 7.05 Å². The van der Waals surface area contributed by atoms with Crippen molar-refractivity contribution >= 4 is 20.9 Å². The molecule has 0 aliphatic carbocycles. The van der Waals surface area contributed by atoms with E-state index in [0.717, 1.165) is 22.2 Å². The quantitative estimate of drug-likeness (QED) is 0.763. The van der Waals surface area contributed by atoms with Gasteiger partial charge in [-0.25, -0.2) is 13.1 Å². The first kappa shape index (κ1) is 16.5. The summed E-state index contributed by atoms with van der Waals surface area (Å²) in [5, 5.41) is 4.64. The average Bonchev–Trinajstić information content (AvgIpc) is 3.05. The molecule has 2 aromatic heterocycles. The third-order valence-electron chi connectivity index (χ3n) is 3.97. The van der Waals surface area contributed by atoms with Crippen molar-refractivity contribution in [1.82, 2.24) is 14.4 Å². The van der Waals surface area contributed by atoms with E-state index in [1.54, 1.807) is 21.0 Å². The number of ether oxygens (including phenoxy) is 1. The van der Waals surface area contributed by atoms with Crippen LogP contribution in [0.25, 0.3) is 10.9 Å². The molecule has 3 rings (SSSR count). The second-order valence-corrected chi connectivity index (χ2v) is 7.33. The van der Waals surface area contributed by atoms with Crippen LogP contribution in [0.5, 0.6) is 5.75 Å². The zero-order valence-electron chi connectivity index (χ0n) is 14.0. The smallest absolute Gasteiger partial charge is 0.246 e. The molecule has 0 saturated carbocycles. The molecule has 0 aliphatic rings. The van der Waals surface area contributed by atoms with Gasteiger partial charge in [0.1, 0.15) is 16.3 Å². The Morgan fingerprint density at radius 1 is 1.33 bits per heavy atom. The lowest BCUT2D eigenvalue weighted by atomic mass is 10.1. The third kappa shape index (κ3) is 2.78. The zero-order valence-corrected chi connectivity index (χ0v) is 14.8. The van der Waals surface area contributed by atoms with Gasteiger partial charge in [0.05, 0.1) is 7.11 Å². The number of rotatable bonds is 5. The minimum Gasteiger partial charge on any atom is -0.497 e. The van der Waals surface area contributed by atoms with E-state index in [4.69, 9.17) is 9.26 Å². The number of sulfonamides is 1. The van der Waals surface area contributed by atoms with Crippen LogP contribution < -0.4 is 9.46 Å². The molecule has 0 bridgehead atoms. The highest BCUT2D eigenvalue weighted by atomic mass is 32.2. The monoisotopic (exact) mass is 349 g/mol. The molecule has 0 aliphatic heterocycles. The predicted molar refractivity (Wildman–Crippen MR) is 89.5 cm³/mol. The number of hydrogen-bond donors (Lipinski definition) is 1. The largest absolute Gasteiger partial charge is 0.497 e. The first-order chi connectivity index (χ1) is 11.3. The number of hydrogen-bond acceptors (Lipinski definition) is 5. The normalized spacial score (nSPS) is 12.0. The molecule has 3 aromatic rings. The lowest BCUT2D eigenvalue weighted by molar-refractivity contribution is 0.390. The molecule has 0 saturated heterocycles. The lowest BCUT2D eigenvalue weighted by Crippen LogP contribution is -2.24. The van der Waals surface area contributed by atoms with E-state index in [1.165, 1.54) is 0 Å². The van der Waals surface area contributed by atoms with Gasteiger partial charge < -0.3 is 13.8 Å². The first-order valence-electron chi connectivity index (χ1n) is 7.38. The van der Waals surface area contributed by atoms with Crippen molar-refractivity contribution in [3.05, 3.63) is 41.4 Å². The molecule has 8 heteroatoms. The Morgan fingerprint density at radius 2 is 2.08 bits per heavy atom. The van der Waals surface area contributed by atoms with Gasteiger partial charge in [-0.3, -0.25) is 0 Å². The molecule has 0 radical (unpaired) electrons. The van der Waals surface area contributed by atoms with Crippen LogP contribution in [0, 0.1) is 13.8 Å². The van der Waals surface area contributed by atoms with Gasteiger partial charge >= 0.3 is 0 Å². The number of aromatic nitrogens is 2. The second kappa shape index (κ2) is 5.95. The second-order valence-electron chi connectivity index (χ2n) is 5.63. The van der Waals surface area contributed by atoms with Crippen LogP contribution in [0.3, 0.4) is 0 Å². The summed E-state index contributed by atoms with van der Waals surface area (Å²) in [5.74, 6) is 1.00. The third-order valence-corrected chi connectivity index (χ3v) is 5.61. The maximum atomic E-state index is 12.5. The van der Waals surface area contributed by atoms with Crippen molar-refractivity contribution in [3.63, 3.8) is 0 Å². The highest BCUT2D eigenvalue weighted by Crippen LogP contribution is 2.26. The van der Waals surface area contributed by atoms with Crippen molar-refractivity contribution in [2.45, 2.75) is 25.3 Å². The van der Waals surface area contributed by atoms with Crippen molar-refractivity contribution in [1.29, 1.82) is 0 Å². The number of nitrogens with zero attached hydrogens (tertiary/aromatic N) is 2. The lowest BCUT2D eigenvalue weighted by Gasteiger charge is -2.06. The number of benzene rings is 1. The van der Waals surface area contributed by atoms with Crippen LogP contribution in [0.15, 0.2) is 33.8 Å². The number of nitrogens with one attached hydrogen (secondary N) is 1. The average molecular weight is 349 g/mol. The summed E-state index contributed by atoms with van der Waals surface area (Å²) < 4.78 is 39.8. The van der Waals surface area contributed by atoms with Crippen LogP contribution in [0.4, 0.5) is 0 Å². The Hall–Kier alpha value is -2.32. The summed E-state index contributed by atoms with van der Waals surface area (Å²) in [7, 11) is -0.179. The zero-order chi connectivity index (χ0) is 17.5. The maximum absolute atomic E-state index is 12.5. The Balaban J connectivity index is 1.93. The van der Waals surface area contributed by atoms with Gasteiger partial charge in [-0.1, -0.05) is 5.16 Å². The topological polar surface area (TPSA) is 86.4 Å². The van der Waals surface area contributed by atoms with Crippen LogP contribution in [-0.4, -0.2) is 25.3 Å². The molecule has 128 valence electrons. The van der Waals surface area contributed by atoms with Crippen LogP contribution in [0.2, 0.25) is 0 Å². The SMILES string of the molecule is COc1ccc2c(c1)c(CNS(=O)(=O)c1c(C)noc1C)cn2C. The predicted octanol–water partition coefficient (Wildman–Crippen LogP) is 2.27. The Labute approximate surface area is 140 Å². The fourth-order valence-electron chi connectivity index (χ4n) is 2.82. The van der Waals surface area contributed by atoms with Gasteiger partial charge in [-0.15, -0.1) is 0 Å². The Bertz CT molecular complexity index is 982. The van der Waals surface area contributed by atoms with Crippen LogP contribution in [-0.2, 0) is 23.6 Å². The van der Waals surface area contributed by atoms with E-state index in [0.29, 0.717) is 5.69 Å². The molecule has 24 heavy (non-hydrogen) atoms. The molecule has 0 atom stereocenters. The fourth-order valence-corrected chi connectivity index (χ4v) is 4.16. The standard InChI is InChI=1S/C16H19N3O4S/c1-10-16(11(2)23-18-10)24(20,21)17-8-12-9-19(3)15-6-5-13(22-4)7-14(12)15/h5-7,9,17H,8H2,1-4H3. The summed E-state index contributed by atoms with van der Waals surface area (Å²) in [6.45, 7) is 3.35. The molecule has 1 aromatic carbocycles. The first-order valence-corrected chi connectivity index (χ1v) is 8.86. The van der Waals surface area contributed by atoms with Gasteiger partial charge in [0, 0.05) is 30.7 Å². The molecular weight excluding hydrogens is 330 g/mol. The molecule has 2 heterocycles. The molecule has 0 unspecified atom stereocenters. The maximum Gasteiger partial charge on any atom is 0.246 e. The summed E-state index contributed by atoms with van der Waals surface area (Å²) in [6, 6.07) is 5.72. The Morgan fingerprint density at radius 3 is 2.71 bits per heavy atom. The van der Waals surface area contributed by atoms with Gasteiger partial charge in [-0.2, -0.15) is 0 Å². The summed E-state index contributed by atoms with van der Waals surface area (Å²) in [4.78, 5) is 0.0975. The van der Waals surface area contributed by atoms with E-state index in [-0.39, 0.29) is 17.2 Å². The van der Waals surface area contributed by atoms with Gasteiger partial charge in [0.25, 0.3) is 0 Å². The molecule has 7 nitrogen and oxygen atoms in total. The van der Waals surface area contributed by atoms with Crippen molar-refractivity contribution < 1.29 is 17.7 Å². The summed E-state index contributed by atoms with van der Waals surface area (Å²) in [6.07, 6.45) is 1.90. The summed E-state index contributed by atoms with van der Waals surface area (Å²) in [5.41, 5.74) is 2.21. The summed E-state index contributed by atoms with van der Waals surface area (Å²) >= 11 is 0. The van der Waals surface area contributed by atoms with Gasteiger partial charge in [0.2, 0.25) is 10.0 Å². The fraction of sp³-hybridized carbons (Fsp3) is 0.312. The molecule has 0 amide bonds.